The monoisotopic (exact) mass is 350 g/mol. The number of rotatable bonds is 4. The summed E-state index contributed by atoms with van der Waals surface area (Å²) in [5.74, 6) is -1.50. The van der Waals surface area contributed by atoms with Crippen molar-refractivity contribution in [2.24, 2.45) is 0 Å². The highest BCUT2D eigenvalue weighted by Gasteiger charge is 2.21. The van der Waals surface area contributed by atoms with E-state index in [2.05, 4.69) is 5.32 Å². The largest absolute Gasteiger partial charge is 0.477 e. The van der Waals surface area contributed by atoms with Crippen molar-refractivity contribution in [2.45, 2.75) is 46.3 Å². The minimum atomic E-state index is -1.11. The molecule has 0 aliphatic heterocycles. The van der Waals surface area contributed by atoms with E-state index in [0.717, 1.165) is 0 Å². The number of nitrogens with one attached hydrogen (secondary N) is 1. The van der Waals surface area contributed by atoms with E-state index in [0.29, 0.717) is 16.5 Å². The van der Waals surface area contributed by atoms with Gasteiger partial charge in [-0.15, -0.1) is 0 Å². The first-order valence-electron chi connectivity index (χ1n) is 8.01. The van der Waals surface area contributed by atoms with Crippen LogP contribution in [0, 0.1) is 12.7 Å². The molecule has 0 fully saturated rings. The molecular formula is C18H23FN2O4. The highest BCUT2D eigenvalue weighted by molar-refractivity contribution is 5.95. The molecule has 1 heterocycles. The molecule has 1 aromatic carbocycles. The summed E-state index contributed by atoms with van der Waals surface area (Å²) in [5, 5.41) is 12.6. The van der Waals surface area contributed by atoms with Gasteiger partial charge in [-0.3, -0.25) is 0 Å². The van der Waals surface area contributed by atoms with Gasteiger partial charge >= 0.3 is 12.1 Å². The van der Waals surface area contributed by atoms with Crippen LogP contribution in [0.15, 0.2) is 18.2 Å². The number of carbonyl (C=O) groups excluding carboxylic acids is 1. The lowest BCUT2D eigenvalue weighted by Gasteiger charge is -2.22. The number of carbonyl (C=O) groups is 2. The normalized spacial score (nSPS) is 12.9. The van der Waals surface area contributed by atoms with Gasteiger partial charge < -0.3 is 19.7 Å². The molecule has 0 unspecified atom stereocenters. The number of alkyl carbamates (subject to hydrolysis) is 1. The molecule has 25 heavy (non-hydrogen) atoms. The summed E-state index contributed by atoms with van der Waals surface area (Å²) in [7, 11) is 0. The number of aryl methyl sites for hydroxylation is 1. The Morgan fingerprint density at radius 1 is 1.32 bits per heavy atom. The number of halogens is 1. The Hall–Kier alpha value is -2.57. The van der Waals surface area contributed by atoms with Gasteiger partial charge in [-0.2, -0.15) is 0 Å². The maximum Gasteiger partial charge on any atom is 0.407 e. The number of aromatic carboxylic acids is 1. The molecule has 0 spiro atoms. The summed E-state index contributed by atoms with van der Waals surface area (Å²) < 4.78 is 20.5. The molecule has 2 aromatic rings. The molecule has 1 atom stereocenters. The topological polar surface area (TPSA) is 80.6 Å². The lowest BCUT2D eigenvalue weighted by molar-refractivity contribution is 0.0521. The average molecular weight is 350 g/mol. The molecule has 0 saturated heterocycles. The van der Waals surface area contributed by atoms with E-state index in [1.54, 1.807) is 45.3 Å². The summed E-state index contributed by atoms with van der Waals surface area (Å²) in [6.45, 7) is 8.85. The second kappa shape index (κ2) is 6.74. The van der Waals surface area contributed by atoms with Crippen molar-refractivity contribution < 1.29 is 23.8 Å². The quantitative estimate of drug-likeness (QED) is 0.877. The smallest absolute Gasteiger partial charge is 0.407 e. The van der Waals surface area contributed by atoms with Crippen molar-refractivity contribution in [2.75, 3.05) is 6.54 Å². The molecule has 2 N–H and O–H groups in total. The van der Waals surface area contributed by atoms with Crippen LogP contribution in [0.1, 0.15) is 49.8 Å². The van der Waals surface area contributed by atoms with E-state index in [9.17, 15) is 19.1 Å². The summed E-state index contributed by atoms with van der Waals surface area (Å²) in [6, 6.07) is 4.01. The second-order valence-electron chi connectivity index (χ2n) is 7.10. The van der Waals surface area contributed by atoms with Crippen LogP contribution in [0.5, 0.6) is 0 Å². The summed E-state index contributed by atoms with van der Waals surface area (Å²) >= 11 is 0. The maximum absolute atomic E-state index is 13.8. The number of nitrogens with zero attached hydrogens (tertiary/aromatic N) is 1. The fourth-order valence-corrected chi connectivity index (χ4v) is 2.63. The van der Waals surface area contributed by atoms with Crippen molar-refractivity contribution in [1.29, 1.82) is 0 Å². The summed E-state index contributed by atoms with van der Waals surface area (Å²) in [6.07, 6.45) is -0.574. The first-order chi connectivity index (χ1) is 11.5. The van der Waals surface area contributed by atoms with E-state index in [1.165, 1.54) is 12.1 Å². The third kappa shape index (κ3) is 4.29. The number of aromatic nitrogens is 1. The number of ether oxygens (including phenoxy) is 1. The molecule has 0 bridgehead atoms. The van der Waals surface area contributed by atoms with E-state index >= 15 is 0 Å². The van der Waals surface area contributed by atoms with Crippen LogP contribution in [0.4, 0.5) is 9.18 Å². The van der Waals surface area contributed by atoms with E-state index in [4.69, 9.17) is 4.74 Å². The third-order valence-corrected chi connectivity index (χ3v) is 3.72. The van der Waals surface area contributed by atoms with Crippen LogP contribution in [-0.4, -0.2) is 33.9 Å². The molecule has 6 nitrogen and oxygen atoms in total. The van der Waals surface area contributed by atoms with Crippen LogP contribution in [0.2, 0.25) is 0 Å². The van der Waals surface area contributed by atoms with Gasteiger partial charge in [-0.05, 0) is 58.4 Å². The number of hydrogen-bond donors (Lipinski definition) is 2. The van der Waals surface area contributed by atoms with Crippen LogP contribution >= 0.6 is 0 Å². The molecule has 136 valence electrons. The Balaban J connectivity index is 2.32. The van der Waals surface area contributed by atoms with Crippen molar-refractivity contribution in [1.82, 2.24) is 9.88 Å². The number of hydrogen-bond acceptors (Lipinski definition) is 3. The number of carboxylic acid groups (broad SMARTS) is 1. The molecule has 0 radical (unpaired) electrons. The minimum absolute atomic E-state index is 0.0403. The van der Waals surface area contributed by atoms with Gasteiger partial charge in [-0.25, -0.2) is 14.0 Å². The van der Waals surface area contributed by atoms with Gasteiger partial charge in [0.2, 0.25) is 0 Å². The van der Waals surface area contributed by atoms with Crippen LogP contribution in [0.3, 0.4) is 0 Å². The van der Waals surface area contributed by atoms with Crippen LogP contribution in [-0.2, 0) is 4.74 Å². The summed E-state index contributed by atoms with van der Waals surface area (Å²) in [5.41, 5.74) is 0.457. The van der Waals surface area contributed by atoms with Crippen LogP contribution < -0.4 is 5.32 Å². The fraction of sp³-hybridized carbons (Fsp3) is 0.444. The SMILES string of the molecule is Cc1cc2c(cc1F)cc(C(=O)O)n2[C@H](C)CNC(=O)OC(C)(C)C. The predicted molar refractivity (Wildman–Crippen MR) is 92.5 cm³/mol. The Morgan fingerprint density at radius 2 is 1.96 bits per heavy atom. The zero-order chi connectivity index (χ0) is 18.9. The van der Waals surface area contributed by atoms with Gasteiger partial charge in [-0.1, -0.05) is 0 Å². The third-order valence-electron chi connectivity index (χ3n) is 3.72. The van der Waals surface area contributed by atoms with Gasteiger partial charge in [0.1, 0.15) is 17.1 Å². The molecular weight excluding hydrogens is 327 g/mol. The van der Waals surface area contributed by atoms with E-state index < -0.39 is 17.7 Å². The molecule has 2 rings (SSSR count). The molecule has 7 heteroatoms. The summed E-state index contributed by atoms with van der Waals surface area (Å²) in [4.78, 5) is 23.4. The molecule has 0 aliphatic carbocycles. The number of amides is 1. The zero-order valence-electron chi connectivity index (χ0n) is 15.0. The van der Waals surface area contributed by atoms with Gasteiger partial charge in [0.15, 0.2) is 0 Å². The Labute approximate surface area is 145 Å². The predicted octanol–water partition coefficient (Wildman–Crippen LogP) is 3.87. The van der Waals surface area contributed by atoms with Crippen molar-refractivity contribution in [3.05, 3.63) is 35.3 Å². The van der Waals surface area contributed by atoms with Crippen LogP contribution in [0.25, 0.3) is 10.9 Å². The standard InChI is InChI=1S/C18H23FN2O4/c1-10-6-14-12(7-13(10)19)8-15(16(22)23)21(14)11(2)9-20-17(24)25-18(3,4)5/h6-8,11H,9H2,1-5H3,(H,20,24)(H,22,23)/t11-/m1/s1. The average Bonchev–Trinajstić information content (AvgIpc) is 2.82. The highest BCUT2D eigenvalue weighted by atomic mass is 19.1. The van der Waals surface area contributed by atoms with E-state index in [1.807, 2.05) is 0 Å². The first-order valence-corrected chi connectivity index (χ1v) is 8.01. The van der Waals surface area contributed by atoms with E-state index in [-0.39, 0.29) is 24.1 Å². The number of fused-ring (bicyclic) bond motifs is 1. The number of carboxylic acids is 1. The molecule has 1 aromatic heterocycles. The first kappa shape index (κ1) is 18.8. The van der Waals surface area contributed by atoms with Gasteiger partial charge in [0, 0.05) is 23.5 Å². The second-order valence-corrected chi connectivity index (χ2v) is 7.10. The molecule has 1 amide bonds. The Bertz CT molecular complexity index is 821. The Kier molecular flexibility index (Phi) is 5.06. The fourth-order valence-electron chi connectivity index (χ4n) is 2.63. The minimum Gasteiger partial charge on any atom is -0.477 e. The number of benzene rings is 1. The zero-order valence-corrected chi connectivity index (χ0v) is 15.0. The van der Waals surface area contributed by atoms with Gasteiger partial charge in [0.25, 0.3) is 0 Å². The lowest BCUT2D eigenvalue weighted by atomic mass is 10.1. The molecule has 0 saturated carbocycles. The van der Waals surface area contributed by atoms with Crippen molar-refractivity contribution >= 4 is 23.0 Å². The lowest BCUT2D eigenvalue weighted by Crippen LogP contribution is -2.35. The molecule has 0 aliphatic rings. The Morgan fingerprint density at radius 3 is 2.52 bits per heavy atom. The van der Waals surface area contributed by atoms with Crippen molar-refractivity contribution in [3.8, 4) is 0 Å². The maximum atomic E-state index is 13.8. The van der Waals surface area contributed by atoms with Gasteiger partial charge in [0.05, 0.1) is 0 Å². The van der Waals surface area contributed by atoms with Crippen molar-refractivity contribution in [3.63, 3.8) is 0 Å². The highest BCUT2D eigenvalue weighted by Crippen LogP contribution is 2.27.